The number of phenolic OH excluding ortho intramolecular Hbond substituents is 1. The quantitative estimate of drug-likeness (QED) is 0.324. The molecule has 3 N–H and O–H groups in total. The fourth-order valence-electron chi connectivity index (χ4n) is 0.764. The van der Waals surface area contributed by atoms with E-state index in [0.29, 0.717) is 6.07 Å². The van der Waals surface area contributed by atoms with Crippen molar-refractivity contribution >= 4 is 18.1 Å². The van der Waals surface area contributed by atoms with E-state index in [2.05, 4.69) is 0 Å². The summed E-state index contributed by atoms with van der Waals surface area (Å²) < 4.78 is 36.0. The summed E-state index contributed by atoms with van der Waals surface area (Å²) in [5, 5.41) is 8.85. The summed E-state index contributed by atoms with van der Waals surface area (Å²) in [7, 11) is 0. The molecule has 0 unspecified atom stereocenters. The number of nitrogen functional groups attached to an aromatic ring is 1. The van der Waals surface area contributed by atoms with Crippen LogP contribution in [0, 0.1) is 0 Å². The summed E-state index contributed by atoms with van der Waals surface area (Å²) >= 11 is 0. The standard InChI is InChI=1S/C6H6BF3NO.K/c8-7(9,10)4-1-2-5(11)6(12)3-4;/h1-3,12H,11H2;/q-1;+1. The number of rotatable bonds is 1. The Bertz CT molecular complexity index is 304. The van der Waals surface area contributed by atoms with E-state index in [1.165, 1.54) is 0 Å². The van der Waals surface area contributed by atoms with E-state index < -0.39 is 18.2 Å². The number of nitrogens with two attached hydrogens (primary N) is 1. The Morgan fingerprint density at radius 2 is 1.77 bits per heavy atom. The predicted octanol–water partition coefficient (Wildman–Crippen LogP) is -1.97. The van der Waals surface area contributed by atoms with Gasteiger partial charge in [-0.05, 0) is 12.1 Å². The fourth-order valence-corrected chi connectivity index (χ4v) is 0.764. The average molecular weight is 215 g/mol. The van der Waals surface area contributed by atoms with Gasteiger partial charge in [-0.3, -0.25) is 0 Å². The van der Waals surface area contributed by atoms with Crippen LogP contribution in [0.1, 0.15) is 0 Å². The molecule has 0 fully saturated rings. The molecule has 13 heavy (non-hydrogen) atoms. The second kappa shape index (κ2) is 4.70. The van der Waals surface area contributed by atoms with Crippen molar-refractivity contribution in [3.63, 3.8) is 0 Å². The van der Waals surface area contributed by atoms with Crippen molar-refractivity contribution < 1.29 is 69.4 Å². The smallest absolute Gasteiger partial charge is 0.506 e. The molecule has 1 aromatic rings. The first kappa shape index (κ1) is 13.3. The third-order valence-corrected chi connectivity index (χ3v) is 1.43. The van der Waals surface area contributed by atoms with Gasteiger partial charge in [0.05, 0.1) is 5.69 Å². The molecule has 7 heteroatoms. The van der Waals surface area contributed by atoms with Gasteiger partial charge < -0.3 is 23.8 Å². The molecule has 0 heterocycles. The van der Waals surface area contributed by atoms with Crippen LogP contribution in [0.2, 0.25) is 0 Å². The first-order chi connectivity index (χ1) is 5.41. The fraction of sp³-hybridized carbons (Fsp3) is 0. The minimum atomic E-state index is -5.05. The number of aromatic hydroxyl groups is 1. The van der Waals surface area contributed by atoms with Gasteiger partial charge in [0.1, 0.15) is 5.75 Å². The zero-order valence-corrected chi connectivity index (χ0v) is 10.1. The zero-order valence-electron chi connectivity index (χ0n) is 6.97. The second-order valence-corrected chi connectivity index (χ2v) is 2.39. The molecule has 1 rings (SSSR count). The summed E-state index contributed by atoms with van der Waals surface area (Å²) in [5.74, 6) is -0.535. The molecule has 2 nitrogen and oxygen atoms in total. The maximum Gasteiger partial charge on any atom is 1.00 e. The number of anilines is 1. The van der Waals surface area contributed by atoms with Gasteiger partial charge in [0.15, 0.2) is 0 Å². The number of hydrogen-bond acceptors (Lipinski definition) is 2. The molecule has 0 atom stereocenters. The number of phenols is 1. The van der Waals surface area contributed by atoms with E-state index in [0.717, 1.165) is 12.1 Å². The molecular weight excluding hydrogens is 209 g/mol. The van der Waals surface area contributed by atoms with E-state index in [1.54, 1.807) is 0 Å². The topological polar surface area (TPSA) is 46.2 Å². The van der Waals surface area contributed by atoms with Gasteiger partial charge in [-0.15, -0.1) is 5.46 Å². The Morgan fingerprint density at radius 1 is 1.23 bits per heavy atom. The van der Waals surface area contributed by atoms with Crippen LogP contribution in [0.3, 0.4) is 0 Å². The Kier molecular flexibility index (Phi) is 4.81. The first-order valence-corrected chi connectivity index (χ1v) is 3.19. The van der Waals surface area contributed by atoms with Crippen LogP contribution < -0.4 is 62.6 Å². The summed E-state index contributed by atoms with van der Waals surface area (Å²) in [6.45, 7) is -5.05. The molecule has 0 saturated carbocycles. The Morgan fingerprint density at radius 3 is 2.15 bits per heavy atom. The van der Waals surface area contributed by atoms with Crippen molar-refractivity contribution in [2.45, 2.75) is 0 Å². The summed E-state index contributed by atoms with van der Waals surface area (Å²) in [5.41, 5.74) is 4.22. The van der Waals surface area contributed by atoms with Crippen LogP contribution in [0.4, 0.5) is 18.6 Å². The molecular formula is C6H6BF3KNO. The van der Waals surface area contributed by atoms with Gasteiger partial charge in [-0.1, -0.05) is 6.07 Å². The normalized spacial score (nSPS) is 10.7. The largest absolute Gasteiger partial charge is 1.00 e. The van der Waals surface area contributed by atoms with E-state index in [1.807, 2.05) is 0 Å². The number of hydrogen-bond donors (Lipinski definition) is 2. The van der Waals surface area contributed by atoms with Crippen LogP contribution in [-0.2, 0) is 0 Å². The Labute approximate surface area is 116 Å². The molecule has 66 valence electrons. The molecule has 1 aromatic carbocycles. The van der Waals surface area contributed by atoms with Gasteiger partial charge >= 0.3 is 58.4 Å². The van der Waals surface area contributed by atoms with Crippen molar-refractivity contribution in [3.8, 4) is 5.75 Å². The summed E-state index contributed by atoms with van der Waals surface area (Å²) in [4.78, 5) is 0. The molecule has 0 bridgehead atoms. The molecule has 0 aromatic heterocycles. The number of benzene rings is 1. The van der Waals surface area contributed by atoms with Crippen LogP contribution in [0.25, 0.3) is 0 Å². The number of halogens is 3. The van der Waals surface area contributed by atoms with Crippen LogP contribution in [0.15, 0.2) is 18.2 Å². The summed E-state index contributed by atoms with van der Waals surface area (Å²) in [6, 6.07) is 2.49. The van der Waals surface area contributed by atoms with Crippen LogP contribution in [-0.4, -0.2) is 12.1 Å². The van der Waals surface area contributed by atoms with Crippen molar-refractivity contribution in [3.05, 3.63) is 18.2 Å². The van der Waals surface area contributed by atoms with E-state index in [9.17, 15) is 12.9 Å². The van der Waals surface area contributed by atoms with Gasteiger partial charge in [0.2, 0.25) is 0 Å². The molecule has 0 amide bonds. The van der Waals surface area contributed by atoms with Gasteiger partial charge in [-0.2, -0.15) is 0 Å². The maximum absolute atomic E-state index is 12.0. The predicted molar refractivity (Wildman–Crippen MR) is 41.2 cm³/mol. The van der Waals surface area contributed by atoms with E-state index in [-0.39, 0.29) is 57.1 Å². The zero-order chi connectivity index (χ0) is 9.35. The third-order valence-electron chi connectivity index (χ3n) is 1.43. The Hall–Kier alpha value is 0.311. The minimum absolute atomic E-state index is 0. The van der Waals surface area contributed by atoms with Gasteiger partial charge in [-0.25, -0.2) is 0 Å². The van der Waals surface area contributed by atoms with E-state index >= 15 is 0 Å². The SMILES string of the molecule is Nc1ccc([B-](F)(F)F)cc1O.[K+]. The van der Waals surface area contributed by atoms with Crippen LogP contribution >= 0.6 is 0 Å². The van der Waals surface area contributed by atoms with Gasteiger partial charge in [0, 0.05) is 0 Å². The van der Waals surface area contributed by atoms with Gasteiger partial charge in [0.25, 0.3) is 0 Å². The molecule has 0 aliphatic rings. The van der Waals surface area contributed by atoms with E-state index in [4.69, 9.17) is 10.8 Å². The molecule has 0 aliphatic carbocycles. The maximum atomic E-state index is 12.0. The summed E-state index contributed by atoms with van der Waals surface area (Å²) in [6.07, 6.45) is 0. The molecule has 0 spiro atoms. The minimum Gasteiger partial charge on any atom is -0.506 e. The molecule has 0 radical (unpaired) electrons. The molecule has 0 aliphatic heterocycles. The average Bonchev–Trinajstić information content (AvgIpc) is 1.92. The van der Waals surface area contributed by atoms with Crippen molar-refractivity contribution in [2.75, 3.05) is 5.73 Å². The second-order valence-electron chi connectivity index (χ2n) is 2.39. The Balaban J connectivity index is 0.00000144. The monoisotopic (exact) mass is 215 g/mol. The molecule has 0 saturated heterocycles. The van der Waals surface area contributed by atoms with Crippen molar-refractivity contribution in [2.24, 2.45) is 0 Å². The first-order valence-electron chi connectivity index (χ1n) is 3.19. The van der Waals surface area contributed by atoms with Crippen molar-refractivity contribution in [1.29, 1.82) is 0 Å². The van der Waals surface area contributed by atoms with Crippen LogP contribution in [0.5, 0.6) is 5.75 Å². The third kappa shape index (κ3) is 3.51. The van der Waals surface area contributed by atoms with Crippen molar-refractivity contribution in [1.82, 2.24) is 0 Å².